The highest BCUT2D eigenvalue weighted by Gasteiger charge is 2.24. The summed E-state index contributed by atoms with van der Waals surface area (Å²) < 4.78 is 0.109. The number of nitrogens with zero attached hydrogens (tertiary/aromatic N) is 1. The highest BCUT2D eigenvalue weighted by molar-refractivity contribution is 5.80. The maximum atomic E-state index is 10.9. The molecule has 5 heteroatoms. The number of hydrogen-bond donors (Lipinski definition) is 1. The van der Waals surface area contributed by atoms with E-state index in [1.165, 1.54) is 0 Å². The van der Waals surface area contributed by atoms with Crippen LogP contribution in [0.4, 0.5) is 0 Å². The SMILES string of the molecule is C=CC(=O)O[N+](C)(CCC)CCO.[Cl-]. The van der Waals surface area contributed by atoms with E-state index in [0.717, 1.165) is 12.5 Å². The quantitative estimate of drug-likeness (QED) is 0.307. The number of rotatable bonds is 6. The van der Waals surface area contributed by atoms with Gasteiger partial charge in [0.25, 0.3) is 0 Å². The van der Waals surface area contributed by atoms with Crippen LogP contribution in [0, 0.1) is 0 Å². The Labute approximate surface area is 91.1 Å². The van der Waals surface area contributed by atoms with Crippen LogP contribution in [0.1, 0.15) is 13.3 Å². The fourth-order valence-electron chi connectivity index (χ4n) is 1.14. The third-order valence-electron chi connectivity index (χ3n) is 1.75. The van der Waals surface area contributed by atoms with Gasteiger partial charge in [0.2, 0.25) is 0 Å². The van der Waals surface area contributed by atoms with Crippen molar-refractivity contribution in [1.29, 1.82) is 0 Å². The predicted octanol–water partition coefficient (Wildman–Crippen LogP) is -2.52. The van der Waals surface area contributed by atoms with Crippen LogP contribution in [0.15, 0.2) is 12.7 Å². The van der Waals surface area contributed by atoms with E-state index < -0.39 is 5.97 Å². The third kappa shape index (κ3) is 5.96. The molecular formula is C9H18ClNO3. The first kappa shape index (κ1) is 15.9. The molecule has 0 aliphatic heterocycles. The fourth-order valence-corrected chi connectivity index (χ4v) is 1.14. The molecule has 0 heterocycles. The molecule has 1 N–H and O–H groups in total. The molecule has 0 aromatic rings. The van der Waals surface area contributed by atoms with Crippen molar-refractivity contribution in [1.82, 2.24) is 0 Å². The van der Waals surface area contributed by atoms with Crippen molar-refractivity contribution in [2.75, 3.05) is 26.7 Å². The smallest absolute Gasteiger partial charge is 0.389 e. The van der Waals surface area contributed by atoms with Crippen molar-refractivity contribution in [3.63, 3.8) is 0 Å². The van der Waals surface area contributed by atoms with Crippen LogP contribution in [0.3, 0.4) is 0 Å². The van der Waals surface area contributed by atoms with Gasteiger partial charge in [-0.1, -0.05) is 13.5 Å². The molecule has 0 spiro atoms. The van der Waals surface area contributed by atoms with E-state index in [1.807, 2.05) is 6.92 Å². The van der Waals surface area contributed by atoms with Crippen LogP contribution in [-0.2, 0) is 9.63 Å². The number of aliphatic hydroxyl groups is 1. The number of halogens is 1. The van der Waals surface area contributed by atoms with Crippen molar-refractivity contribution >= 4 is 5.97 Å². The van der Waals surface area contributed by atoms with E-state index in [2.05, 4.69) is 6.58 Å². The van der Waals surface area contributed by atoms with Crippen molar-refractivity contribution in [2.24, 2.45) is 0 Å². The minimum atomic E-state index is -0.454. The molecule has 0 bridgehead atoms. The summed E-state index contributed by atoms with van der Waals surface area (Å²) in [5, 5.41) is 8.78. The third-order valence-corrected chi connectivity index (χ3v) is 1.75. The molecule has 1 unspecified atom stereocenters. The van der Waals surface area contributed by atoms with Gasteiger partial charge in [0, 0.05) is 6.08 Å². The monoisotopic (exact) mass is 223 g/mol. The Morgan fingerprint density at radius 3 is 2.50 bits per heavy atom. The van der Waals surface area contributed by atoms with Gasteiger partial charge in [0.15, 0.2) is 0 Å². The Hall–Kier alpha value is -0.580. The van der Waals surface area contributed by atoms with Gasteiger partial charge >= 0.3 is 5.97 Å². The van der Waals surface area contributed by atoms with Crippen molar-refractivity contribution in [2.45, 2.75) is 13.3 Å². The van der Waals surface area contributed by atoms with Gasteiger partial charge in [-0.25, -0.2) is 4.79 Å². The summed E-state index contributed by atoms with van der Waals surface area (Å²) in [6, 6.07) is 0. The summed E-state index contributed by atoms with van der Waals surface area (Å²) >= 11 is 0. The van der Waals surface area contributed by atoms with Gasteiger partial charge in [0.05, 0.1) is 6.61 Å². The zero-order valence-electron chi connectivity index (χ0n) is 8.70. The summed E-state index contributed by atoms with van der Waals surface area (Å²) in [6.07, 6.45) is 2.02. The summed E-state index contributed by atoms with van der Waals surface area (Å²) in [5.74, 6) is -0.454. The van der Waals surface area contributed by atoms with Crippen LogP contribution in [0.2, 0.25) is 0 Å². The summed E-state index contributed by atoms with van der Waals surface area (Å²) in [4.78, 5) is 16.0. The normalized spacial score (nSPS) is 13.6. The average molecular weight is 224 g/mol. The Balaban J connectivity index is 0. The zero-order chi connectivity index (χ0) is 10.3. The molecule has 0 saturated carbocycles. The van der Waals surface area contributed by atoms with E-state index in [1.54, 1.807) is 7.05 Å². The van der Waals surface area contributed by atoms with Crippen molar-refractivity contribution in [3.8, 4) is 0 Å². The molecule has 0 radical (unpaired) electrons. The van der Waals surface area contributed by atoms with Gasteiger partial charge in [-0.05, 0) is 6.42 Å². The molecular weight excluding hydrogens is 206 g/mol. The van der Waals surface area contributed by atoms with Gasteiger partial charge in [0.1, 0.15) is 20.1 Å². The van der Waals surface area contributed by atoms with E-state index >= 15 is 0 Å². The highest BCUT2D eigenvalue weighted by atomic mass is 35.5. The number of carbonyl (C=O) groups excluding carboxylic acids is 1. The second-order valence-corrected chi connectivity index (χ2v) is 3.08. The van der Waals surface area contributed by atoms with Gasteiger partial charge < -0.3 is 17.5 Å². The highest BCUT2D eigenvalue weighted by Crippen LogP contribution is 2.05. The van der Waals surface area contributed by atoms with Gasteiger partial charge in [-0.2, -0.15) is 0 Å². The number of aliphatic hydroxyl groups excluding tert-OH is 1. The number of quaternary nitrogens is 1. The molecule has 4 nitrogen and oxygen atoms in total. The molecule has 0 saturated heterocycles. The second-order valence-electron chi connectivity index (χ2n) is 3.08. The minimum absolute atomic E-state index is 0. The van der Waals surface area contributed by atoms with Crippen LogP contribution in [-0.4, -0.2) is 42.5 Å². The molecule has 0 fully saturated rings. The first-order valence-electron chi connectivity index (χ1n) is 4.39. The fraction of sp³-hybridized carbons (Fsp3) is 0.667. The molecule has 0 amide bonds. The number of hydroxylamine groups is 3. The Morgan fingerprint density at radius 1 is 1.57 bits per heavy atom. The van der Waals surface area contributed by atoms with Crippen LogP contribution in [0.25, 0.3) is 0 Å². The summed E-state index contributed by atoms with van der Waals surface area (Å²) in [5.41, 5.74) is 0. The molecule has 1 atom stereocenters. The van der Waals surface area contributed by atoms with E-state index in [0.29, 0.717) is 13.1 Å². The van der Waals surface area contributed by atoms with E-state index in [9.17, 15) is 4.79 Å². The summed E-state index contributed by atoms with van der Waals surface area (Å²) in [6.45, 7) is 6.42. The lowest BCUT2D eigenvalue weighted by atomic mass is 10.4. The maximum absolute atomic E-state index is 10.9. The lowest BCUT2D eigenvalue weighted by molar-refractivity contribution is -1.07. The Kier molecular flexibility index (Phi) is 8.83. The largest absolute Gasteiger partial charge is 1.00 e. The van der Waals surface area contributed by atoms with Crippen LogP contribution in [0.5, 0.6) is 0 Å². The second kappa shape index (κ2) is 7.79. The molecule has 0 aromatic heterocycles. The first-order valence-corrected chi connectivity index (χ1v) is 4.39. The van der Waals surface area contributed by atoms with Crippen LogP contribution >= 0.6 is 0 Å². The first-order chi connectivity index (χ1) is 6.08. The predicted molar refractivity (Wildman–Crippen MR) is 49.6 cm³/mol. The number of likely N-dealkylation sites (N-methyl/N-ethyl adjacent to an activating group) is 1. The van der Waals surface area contributed by atoms with Crippen molar-refractivity contribution < 1.29 is 31.8 Å². The topological polar surface area (TPSA) is 46.5 Å². The standard InChI is InChI=1S/C9H18NO3.ClH/c1-4-6-10(3,7-8-11)13-9(12)5-2;/h5,11H,2,4,6-8H2,1,3H3;1H/q+1;/p-1. The lowest BCUT2D eigenvalue weighted by Gasteiger charge is -2.28. The maximum Gasteiger partial charge on any atom is 0.389 e. The molecule has 0 aliphatic rings. The minimum Gasteiger partial charge on any atom is -1.00 e. The van der Waals surface area contributed by atoms with Crippen molar-refractivity contribution in [3.05, 3.63) is 12.7 Å². The molecule has 0 rings (SSSR count). The lowest BCUT2D eigenvalue weighted by Crippen LogP contribution is -3.00. The van der Waals surface area contributed by atoms with E-state index in [-0.39, 0.29) is 23.7 Å². The number of hydrogen-bond acceptors (Lipinski definition) is 3. The number of carbonyl (C=O) groups is 1. The molecule has 84 valence electrons. The molecule has 0 aromatic carbocycles. The molecule has 14 heavy (non-hydrogen) atoms. The van der Waals surface area contributed by atoms with Crippen LogP contribution < -0.4 is 12.4 Å². The average Bonchev–Trinajstić information content (AvgIpc) is 2.04. The summed E-state index contributed by atoms with van der Waals surface area (Å²) in [7, 11) is 1.76. The molecule has 0 aliphatic carbocycles. The van der Waals surface area contributed by atoms with Gasteiger partial charge in [-0.3, -0.25) is 4.84 Å². The Bertz CT molecular complexity index is 179. The van der Waals surface area contributed by atoms with Gasteiger partial charge in [-0.15, -0.1) is 4.65 Å². The Morgan fingerprint density at radius 2 is 2.14 bits per heavy atom. The zero-order valence-corrected chi connectivity index (χ0v) is 9.46. The van der Waals surface area contributed by atoms with E-state index in [4.69, 9.17) is 9.94 Å².